The molecule has 2 unspecified atom stereocenters. The molecule has 1 saturated heterocycles. The molecule has 1 aliphatic heterocycles. The van der Waals surface area contributed by atoms with E-state index in [1.165, 1.54) is 0 Å². The maximum absolute atomic E-state index is 11.0. The van der Waals surface area contributed by atoms with Gasteiger partial charge in [-0.05, 0) is 12.5 Å². The van der Waals surface area contributed by atoms with Gasteiger partial charge in [0.15, 0.2) is 6.10 Å². The maximum Gasteiger partial charge on any atom is 0.418 e. The number of rotatable bonds is 1. The molecular formula is C11H10O4. The highest BCUT2D eigenvalue weighted by Crippen LogP contribution is 2.26. The Hall–Kier alpha value is -1.84. The van der Waals surface area contributed by atoms with E-state index in [-0.39, 0.29) is 0 Å². The van der Waals surface area contributed by atoms with Crippen LogP contribution in [0.15, 0.2) is 30.3 Å². The van der Waals surface area contributed by atoms with Crippen molar-refractivity contribution in [2.24, 2.45) is 0 Å². The average Bonchev–Trinajstić information content (AvgIpc) is 2.25. The number of carbonyl (C=O) groups excluding carboxylic acids is 2. The van der Waals surface area contributed by atoms with Crippen molar-refractivity contribution in [3.8, 4) is 0 Å². The second-order valence-electron chi connectivity index (χ2n) is 3.35. The summed E-state index contributed by atoms with van der Waals surface area (Å²) in [6, 6.07) is 9.20. The van der Waals surface area contributed by atoms with Gasteiger partial charge in [-0.25, -0.2) is 9.59 Å². The molecule has 1 aromatic carbocycles. The fraction of sp³-hybridized carbons (Fsp3) is 0.273. The molecule has 78 valence electrons. The lowest BCUT2D eigenvalue weighted by Gasteiger charge is -2.28. The van der Waals surface area contributed by atoms with Crippen molar-refractivity contribution >= 4 is 11.9 Å². The van der Waals surface area contributed by atoms with Crippen LogP contribution in [-0.4, -0.2) is 18.0 Å². The number of benzene rings is 1. The minimum Gasteiger partial charge on any atom is -0.450 e. The fourth-order valence-corrected chi connectivity index (χ4v) is 1.52. The molecule has 1 fully saturated rings. The molecule has 0 aliphatic carbocycles. The molecule has 1 aliphatic rings. The summed E-state index contributed by atoms with van der Waals surface area (Å²) in [5, 5.41) is 0. The van der Waals surface area contributed by atoms with Crippen LogP contribution in [0.2, 0.25) is 0 Å². The van der Waals surface area contributed by atoms with Crippen molar-refractivity contribution in [1.29, 1.82) is 0 Å². The standard InChI is InChI=1S/C11H10O4/c1-7-9(8-5-3-2-4-6-8)15-11(13)10(12)14-7/h2-7,9H,1H3. The first-order valence-electron chi connectivity index (χ1n) is 4.65. The Morgan fingerprint density at radius 1 is 1.00 bits per heavy atom. The number of carbonyl (C=O) groups is 2. The molecule has 0 N–H and O–H groups in total. The van der Waals surface area contributed by atoms with E-state index in [2.05, 4.69) is 0 Å². The Bertz CT molecular complexity index is 385. The number of hydrogen-bond donors (Lipinski definition) is 0. The van der Waals surface area contributed by atoms with Gasteiger partial charge < -0.3 is 9.47 Å². The topological polar surface area (TPSA) is 52.6 Å². The summed E-state index contributed by atoms with van der Waals surface area (Å²) in [4.78, 5) is 21.9. The molecule has 2 atom stereocenters. The third-order valence-electron chi connectivity index (χ3n) is 2.25. The molecule has 1 aromatic rings. The molecule has 15 heavy (non-hydrogen) atoms. The summed E-state index contributed by atoms with van der Waals surface area (Å²) in [6.07, 6.45) is -0.950. The van der Waals surface area contributed by atoms with Crippen molar-refractivity contribution < 1.29 is 19.1 Å². The van der Waals surface area contributed by atoms with Gasteiger partial charge in [0.1, 0.15) is 6.10 Å². The van der Waals surface area contributed by atoms with E-state index in [9.17, 15) is 9.59 Å². The highest BCUT2D eigenvalue weighted by molar-refractivity contribution is 6.30. The van der Waals surface area contributed by atoms with E-state index in [1.807, 2.05) is 30.3 Å². The van der Waals surface area contributed by atoms with Gasteiger partial charge >= 0.3 is 11.9 Å². The minimum atomic E-state index is -0.929. The van der Waals surface area contributed by atoms with Crippen molar-refractivity contribution in [1.82, 2.24) is 0 Å². The number of cyclic esters (lactones) is 2. The monoisotopic (exact) mass is 206 g/mol. The highest BCUT2D eigenvalue weighted by Gasteiger charge is 2.36. The van der Waals surface area contributed by atoms with Gasteiger partial charge in [-0.1, -0.05) is 30.3 Å². The third-order valence-corrected chi connectivity index (χ3v) is 2.25. The molecule has 4 nitrogen and oxygen atoms in total. The number of hydrogen-bond acceptors (Lipinski definition) is 4. The molecular weight excluding hydrogens is 196 g/mol. The van der Waals surface area contributed by atoms with E-state index in [0.717, 1.165) is 5.56 Å². The SMILES string of the molecule is CC1OC(=O)C(=O)OC1c1ccccc1. The third kappa shape index (κ3) is 1.83. The molecule has 4 heteroatoms. The summed E-state index contributed by atoms with van der Waals surface area (Å²) in [6.45, 7) is 1.70. The van der Waals surface area contributed by atoms with Gasteiger partial charge in [0.05, 0.1) is 0 Å². The van der Waals surface area contributed by atoms with E-state index >= 15 is 0 Å². The Labute approximate surface area is 86.8 Å². The van der Waals surface area contributed by atoms with Gasteiger partial charge in [0.2, 0.25) is 0 Å². The maximum atomic E-state index is 11.0. The summed E-state index contributed by atoms with van der Waals surface area (Å²) in [5.74, 6) is -1.85. The van der Waals surface area contributed by atoms with Gasteiger partial charge in [-0.15, -0.1) is 0 Å². The summed E-state index contributed by atoms with van der Waals surface area (Å²) >= 11 is 0. The van der Waals surface area contributed by atoms with Gasteiger partial charge in [0.25, 0.3) is 0 Å². The lowest BCUT2D eigenvalue weighted by Crippen LogP contribution is -2.37. The second-order valence-corrected chi connectivity index (χ2v) is 3.35. The molecule has 2 rings (SSSR count). The molecule has 0 spiro atoms. The Morgan fingerprint density at radius 3 is 2.27 bits per heavy atom. The molecule has 0 amide bonds. The molecule has 0 aromatic heterocycles. The van der Waals surface area contributed by atoms with E-state index < -0.39 is 24.1 Å². The van der Waals surface area contributed by atoms with Crippen LogP contribution in [0.3, 0.4) is 0 Å². The zero-order valence-corrected chi connectivity index (χ0v) is 8.17. The lowest BCUT2D eigenvalue weighted by atomic mass is 10.0. The largest absolute Gasteiger partial charge is 0.450 e. The molecule has 0 saturated carbocycles. The van der Waals surface area contributed by atoms with Crippen molar-refractivity contribution in [2.75, 3.05) is 0 Å². The normalized spacial score (nSPS) is 25.7. The summed E-state index contributed by atoms with van der Waals surface area (Å²) in [7, 11) is 0. The lowest BCUT2D eigenvalue weighted by molar-refractivity contribution is -0.194. The first kappa shape index (κ1) is 9.71. The van der Waals surface area contributed by atoms with Crippen molar-refractivity contribution in [3.63, 3.8) is 0 Å². The predicted molar refractivity (Wildman–Crippen MR) is 50.8 cm³/mol. The highest BCUT2D eigenvalue weighted by atomic mass is 16.6. The Kier molecular flexibility index (Phi) is 2.41. The first-order chi connectivity index (χ1) is 7.18. The predicted octanol–water partition coefficient (Wildman–Crippen LogP) is 1.22. The quantitative estimate of drug-likeness (QED) is 0.512. The van der Waals surface area contributed by atoms with Crippen LogP contribution in [0.5, 0.6) is 0 Å². The zero-order valence-electron chi connectivity index (χ0n) is 8.17. The first-order valence-corrected chi connectivity index (χ1v) is 4.65. The molecule has 0 bridgehead atoms. The number of ether oxygens (including phenoxy) is 2. The fourth-order valence-electron chi connectivity index (χ4n) is 1.52. The van der Waals surface area contributed by atoms with Gasteiger partial charge in [0, 0.05) is 0 Å². The van der Waals surface area contributed by atoms with E-state index in [0.29, 0.717) is 0 Å². The average molecular weight is 206 g/mol. The van der Waals surface area contributed by atoms with Gasteiger partial charge in [-0.2, -0.15) is 0 Å². The Morgan fingerprint density at radius 2 is 1.60 bits per heavy atom. The number of esters is 2. The second kappa shape index (κ2) is 3.73. The van der Waals surface area contributed by atoms with E-state index in [1.54, 1.807) is 6.92 Å². The minimum absolute atomic E-state index is 0.447. The van der Waals surface area contributed by atoms with Gasteiger partial charge in [-0.3, -0.25) is 0 Å². The van der Waals surface area contributed by atoms with Crippen LogP contribution in [0.1, 0.15) is 18.6 Å². The Balaban J connectivity index is 2.23. The van der Waals surface area contributed by atoms with Crippen molar-refractivity contribution in [2.45, 2.75) is 19.1 Å². The van der Waals surface area contributed by atoms with Crippen LogP contribution in [0.4, 0.5) is 0 Å². The van der Waals surface area contributed by atoms with Crippen LogP contribution >= 0.6 is 0 Å². The molecule has 1 heterocycles. The van der Waals surface area contributed by atoms with Crippen LogP contribution in [0.25, 0.3) is 0 Å². The molecule has 0 radical (unpaired) electrons. The van der Waals surface area contributed by atoms with E-state index in [4.69, 9.17) is 9.47 Å². The zero-order chi connectivity index (χ0) is 10.8. The van der Waals surface area contributed by atoms with Crippen LogP contribution in [-0.2, 0) is 19.1 Å². The summed E-state index contributed by atoms with van der Waals surface area (Å²) in [5.41, 5.74) is 0.825. The summed E-state index contributed by atoms with van der Waals surface area (Å²) < 4.78 is 9.84. The van der Waals surface area contributed by atoms with Crippen molar-refractivity contribution in [3.05, 3.63) is 35.9 Å². The van der Waals surface area contributed by atoms with Crippen LogP contribution in [0, 0.1) is 0 Å². The van der Waals surface area contributed by atoms with Crippen LogP contribution < -0.4 is 0 Å². The smallest absolute Gasteiger partial charge is 0.418 e.